The number of carbonyl (C=O) groups excluding carboxylic acids is 1. The van der Waals surface area contributed by atoms with Gasteiger partial charge in [-0.3, -0.25) is 19.5 Å². The molecule has 1 aromatic heterocycles. The maximum Gasteiger partial charge on any atom is 0.433 e. The summed E-state index contributed by atoms with van der Waals surface area (Å²) in [6, 6.07) is 6.26. The minimum Gasteiger partial charge on any atom is -0.497 e. The number of methoxy groups -OCH3 is 1. The molecule has 1 unspecified atom stereocenters. The molecular weight excluding hydrogens is 327 g/mol. The Balaban J connectivity index is 1.95. The highest BCUT2D eigenvalue weighted by molar-refractivity contribution is 5.96. The number of benzene rings is 1. The van der Waals surface area contributed by atoms with Crippen molar-refractivity contribution in [2.75, 3.05) is 12.4 Å². The molecule has 9 heteroatoms. The molecule has 0 aliphatic carbocycles. The van der Waals surface area contributed by atoms with Crippen LogP contribution in [0.5, 0.6) is 5.75 Å². The van der Waals surface area contributed by atoms with Crippen molar-refractivity contribution in [3.8, 4) is 5.75 Å². The molecule has 0 saturated carbocycles. The molecule has 1 N–H and O–H groups in total. The van der Waals surface area contributed by atoms with E-state index in [0.29, 0.717) is 11.8 Å². The number of nitrogens with one attached hydrogen (secondary N) is 1. The molecule has 1 aliphatic rings. The second kappa shape index (κ2) is 5.66. The van der Waals surface area contributed by atoms with Crippen LogP contribution in [0.25, 0.3) is 0 Å². The summed E-state index contributed by atoms with van der Waals surface area (Å²) in [5.41, 5.74) is -1.52. The summed E-state index contributed by atoms with van der Waals surface area (Å²) in [5, 5.41) is 2.23. The summed E-state index contributed by atoms with van der Waals surface area (Å²) in [6.07, 6.45) is -4.61. The Kier molecular flexibility index (Phi) is 3.78. The third-order valence-electron chi connectivity index (χ3n) is 3.68. The van der Waals surface area contributed by atoms with Gasteiger partial charge in [-0.15, -0.1) is 0 Å². The Morgan fingerprint density at radius 2 is 1.92 bits per heavy atom. The average Bonchev–Trinajstić information content (AvgIpc) is 2.83. The molecule has 126 valence electrons. The van der Waals surface area contributed by atoms with Crippen LogP contribution < -0.4 is 15.6 Å². The number of rotatable bonds is 3. The van der Waals surface area contributed by atoms with E-state index in [-0.39, 0.29) is 6.42 Å². The fourth-order valence-electron chi connectivity index (χ4n) is 2.51. The van der Waals surface area contributed by atoms with Gasteiger partial charge in [-0.25, -0.2) is 4.98 Å². The lowest BCUT2D eigenvalue weighted by Crippen LogP contribution is -2.27. The van der Waals surface area contributed by atoms with Gasteiger partial charge in [0.05, 0.1) is 7.11 Å². The Labute approximate surface area is 133 Å². The number of nitrogens with zero attached hydrogens (tertiary/aromatic N) is 2. The van der Waals surface area contributed by atoms with Gasteiger partial charge >= 0.3 is 6.18 Å². The number of alkyl halides is 3. The van der Waals surface area contributed by atoms with Gasteiger partial charge in [0.1, 0.15) is 11.8 Å². The van der Waals surface area contributed by atoms with Crippen molar-refractivity contribution in [2.24, 2.45) is 0 Å². The summed E-state index contributed by atoms with van der Waals surface area (Å²) >= 11 is 0. The lowest BCUT2D eigenvalue weighted by atomic mass is 10.1. The highest BCUT2D eigenvalue weighted by Gasteiger charge is 2.38. The second-order valence-corrected chi connectivity index (χ2v) is 5.23. The predicted molar refractivity (Wildman–Crippen MR) is 77.9 cm³/mol. The number of ether oxygens (including phenoxy) is 1. The smallest absolute Gasteiger partial charge is 0.433 e. The standard InChI is InChI=1S/C15H12F3N3O3/c1-24-9-4-2-8(3-5-9)6-10-13(23)20-14-19-11(15(16,17)18)7-12(22)21(10)14/h2-5,7,10H,6H2,1H3,(H,19,20,23). The minimum absolute atomic E-state index is 0.149. The highest BCUT2D eigenvalue weighted by atomic mass is 19.4. The van der Waals surface area contributed by atoms with Gasteiger partial charge in [-0.2, -0.15) is 13.2 Å². The predicted octanol–water partition coefficient (Wildman–Crippen LogP) is 2.01. The quantitative estimate of drug-likeness (QED) is 0.928. The lowest BCUT2D eigenvalue weighted by molar-refractivity contribution is -0.141. The first-order chi connectivity index (χ1) is 11.3. The third-order valence-corrected chi connectivity index (χ3v) is 3.68. The lowest BCUT2D eigenvalue weighted by Gasteiger charge is -2.12. The Morgan fingerprint density at radius 1 is 1.25 bits per heavy atom. The maximum absolute atomic E-state index is 12.7. The van der Waals surface area contributed by atoms with Gasteiger partial charge in [0.15, 0.2) is 5.69 Å². The normalized spacial score (nSPS) is 16.7. The zero-order chi connectivity index (χ0) is 17.5. The van der Waals surface area contributed by atoms with Crippen LogP contribution in [0.2, 0.25) is 0 Å². The summed E-state index contributed by atoms with van der Waals surface area (Å²) < 4.78 is 44.1. The SMILES string of the molecule is COc1ccc(CC2C(=O)Nc3nc(C(F)(F)F)cc(=O)n32)cc1. The molecule has 6 nitrogen and oxygen atoms in total. The van der Waals surface area contributed by atoms with E-state index < -0.39 is 35.3 Å². The highest BCUT2D eigenvalue weighted by Crippen LogP contribution is 2.30. The van der Waals surface area contributed by atoms with Crippen LogP contribution in [0, 0.1) is 0 Å². The maximum atomic E-state index is 12.7. The molecule has 1 aromatic carbocycles. The van der Waals surface area contributed by atoms with Crippen molar-refractivity contribution in [2.45, 2.75) is 18.6 Å². The van der Waals surface area contributed by atoms with Crippen LogP contribution in [-0.4, -0.2) is 22.6 Å². The monoisotopic (exact) mass is 339 g/mol. The van der Waals surface area contributed by atoms with Crippen LogP contribution in [-0.2, 0) is 17.4 Å². The molecule has 2 heterocycles. The number of amides is 1. The zero-order valence-corrected chi connectivity index (χ0v) is 12.4. The minimum atomic E-state index is -4.76. The number of aromatic nitrogens is 2. The van der Waals surface area contributed by atoms with Crippen molar-refractivity contribution >= 4 is 11.9 Å². The van der Waals surface area contributed by atoms with E-state index in [1.807, 2.05) is 0 Å². The van der Waals surface area contributed by atoms with Gasteiger partial charge in [-0.05, 0) is 17.7 Å². The van der Waals surface area contributed by atoms with E-state index in [0.717, 1.165) is 10.1 Å². The zero-order valence-electron chi connectivity index (χ0n) is 12.4. The third kappa shape index (κ3) is 2.84. The average molecular weight is 339 g/mol. The van der Waals surface area contributed by atoms with Gasteiger partial charge in [0.25, 0.3) is 5.56 Å². The van der Waals surface area contributed by atoms with Gasteiger partial charge < -0.3 is 4.74 Å². The fraction of sp³-hybridized carbons (Fsp3) is 0.267. The molecule has 0 fully saturated rings. The Bertz CT molecular complexity index is 844. The molecule has 0 spiro atoms. The topological polar surface area (TPSA) is 73.2 Å². The Morgan fingerprint density at radius 3 is 2.50 bits per heavy atom. The summed E-state index contributed by atoms with van der Waals surface area (Å²) in [6.45, 7) is 0. The van der Waals surface area contributed by atoms with Gasteiger partial charge in [0.2, 0.25) is 11.9 Å². The number of carbonyl (C=O) groups is 1. The van der Waals surface area contributed by atoms with Crippen molar-refractivity contribution < 1.29 is 22.7 Å². The number of hydrogen-bond acceptors (Lipinski definition) is 4. The molecule has 0 saturated heterocycles. The van der Waals surface area contributed by atoms with Crippen molar-refractivity contribution in [3.05, 3.63) is 51.9 Å². The van der Waals surface area contributed by atoms with Crippen molar-refractivity contribution in [3.63, 3.8) is 0 Å². The Hall–Kier alpha value is -2.84. The van der Waals surface area contributed by atoms with Gasteiger partial charge in [0, 0.05) is 12.5 Å². The molecule has 0 radical (unpaired) electrons. The van der Waals surface area contributed by atoms with E-state index in [2.05, 4.69) is 10.3 Å². The van der Waals surface area contributed by atoms with E-state index in [4.69, 9.17) is 4.74 Å². The van der Waals surface area contributed by atoms with Crippen LogP contribution in [0.4, 0.5) is 19.1 Å². The van der Waals surface area contributed by atoms with Crippen molar-refractivity contribution in [1.82, 2.24) is 9.55 Å². The summed E-state index contributed by atoms with van der Waals surface area (Å²) in [7, 11) is 1.51. The van der Waals surface area contributed by atoms with Gasteiger partial charge in [-0.1, -0.05) is 12.1 Å². The number of halogens is 3. The van der Waals surface area contributed by atoms with E-state index in [1.165, 1.54) is 7.11 Å². The number of anilines is 1. The summed E-state index contributed by atoms with van der Waals surface area (Å²) in [5.74, 6) is -0.336. The van der Waals surface area contributed by atoms with Crippen molar-refractivity contribution in [1.29, 1.82) is 0 Å². The molecule has 1 amide bonds. The summed E-state index contributed by atoms with van der Waals surface area (Å²) in [4.78, 5) is 27.4. The molecule has 0 bridgehead atoms. The molecule has 3 rings (SSSR count). The first-order valence-electron chi connectivity index (χ1n) is 6.94. The molecule has 1 atom stereocenters. The number of fused-ring (bicyclic) bond motifs is 1. The van der Waals surface area contributed by atoms with E-state index in [9.17, 15) is 22.8 Å². The van der Waals surface area contributed by atoms with Crippen LogP contribution in [0.15, 0.2) is 35.1 Å². The second-order valence-electron chi connectivity index (χ2n) is 5.23. The van der Waals surface area contributed by atoms with Crippen LogP contribution in [0.1, 0.15) is 17.3 Å². The van der Waals surface area contributed by atoms with Crippen LogP contribution in [0.3, 0.4) is 0 Å². The van der Waals surface area contributed by atoms with Crippen LogP contribution >= 0.6 is 0 Å². The first-order valence-corrected chi connectivity index (χ1v) is 6.94. The first kappa shape index (κ1) is 16.0. The largest absolute Gasteiger partial charge is 0.497 e. The van der Waals surface area contributed by atoms with E-state index >= 15 is 0 Å². The molecule has 1 aliphatic heterocycles. The van der Waals surface area contributed by atoms with E-state index in [1.54, 1.807) is 24.3 Å². The molecular formula is C15H12F3N3O3. The molecule has 2 aromatic rings. The molecule has 24 heavy (non-hydrogen) atoms. The fourth-order valence-corrected chi connectivity index (χ4v) is 2.51. The number of hydrogen-bond donors (Lipinski definition) is 1.